The van der Waals surface area contributed by atoms with Crippen molar-refractivity contribution in [3.05, 3.63) is 29.3 Å². The van der Waals surface area contributed by atoms with Gasteiger partial charge in [0.1, 0.15) is 0 Å². The monoisotopic (exact) mass is 425 g/mol. The van der Waals surface area contributed by atoms with E-state index in [0.29, 0.717) is 11.3 Å². The standard InChI is InChI=1S/C30H51N/c1-5-7-10-19-30(20-11-9-12-21-30)28-16-13-26(14-17-28)25(4)27-15-18-29(24(3)23-27)31-22-8-6-2/h15,18,23,25-26,28,31H,5-14,16-17,19-22H2,1-4H3/t25?,26-,28-. The summed E-state index contributed by atoms with van der Waals surface area (Å²) in [6.07, 6.45) is 21.8. The van der Waals surface area contributed by atoms with E-state index in [0.717, 1.165) is 18.4 Å². The van der Waals surface area contributed by atoms with Gasteiger partial charge in [0.15, 0.2) is 0 Å². The molecule has 2 fully saturated rings. The van der Waals surface area contributed by atoms with Crippen LogP contribution in [-0.2, 0) is 0 Å². The molecule has 0 spiro atoms. The minimum Gasteiger partial charge on any atom is -0.385 e. The average molecular weight is 426 g/mol. The van der Waals surface area contributed by atoms with Crippen LogP contribution in [0, 0.1) is 24.2 Å². The molecule has 176 valence electrons. The van der Waals surface area contributed by atoms with Gasteiger partial charge in [0, 0.05) is 12.2 Å². The molecule has 0 aromatic heterocycles. The normalized spacial score (nSPS) is 24.6. The van der Waals surface area contributed by atoms with Crippen LogP contribution in [0.5, 0.6) is 0 Å². The van der Waals surface area contributed by atoms with Crippen LogP contribution in [0.2, 0.25) is 0 Å². The smallest absolute Gasteiger partial charge is 0.0370 e. The zero-order valence-electron chi connectivity index (χ0n) is 21.3. The van der Waals surface area contributed by atoms with E-state index < -0.39 is 0 Å². The Morgan fingerprint density at radius 1 is 0.935 bits per heavy atom. The molecule has 1 atom stereocenters. The third kappa shape index (κ3) is 6.52. The first-order chi connectivity index (χ1) is 15.1. The van der Waals surface area contributed by atoms with Crippen LogP contribution in [0.1, 0.15) is 134 Å². The highest BCUT2D eigenvalue weighted by atomic mass is 14.9. The molecule has 3 rings (SSSR count). The second-order valence-electron chi connectivity index (χ2n) is 11.1. The maximum atomic E-state index is 3.63. The van der Waals surface area contributed by atoms with Gasteiger partial charge in [0.25, 0.3) is 0 Å². The van der Waals surface area contributed by atoms with Crippen LogP contribution in [-0.4, -0.2) is 6.54 Å². The summed E-state index contributed by atoms with van der Waals surface area (Å²) in [5, 5.41) is 3.63. The maximum absolute atomic E-state index is 3.63. The molecule has 1 nitrogen and oxygen atoms in total. The van der Waals surface area contributed by atoms with Gasteiger partial charge < -0.3 is 5.32 Å². The fourth-order valence-corrected chi connectivity index (χ4v) is 6.92. The molecule has 0 amide bonds. The molecule has 2 aliphatic rings. The van der Waals surface area contributed by atoms with Crippen LogP contribution in [0.4, 0.5) is 5.69 Å². The lowest BCUT2D eigenvalue weighted by atomic mass is 9.58. The first kappa shape index (κ1) is 24.7. The van der Waals surface area contributed by atoms with Crippen molar-refractivity contribution >= 4 is 5.69 Å². The molecule has 1 aromatic carbocycles. The quantitative estimate of drug-likeness (QED) is 0.348. The number of hydrogen-bond acceptors (Lipinski definition) is 1. The minimum atomic E-state index is 0.701. The van der Waals surface area contributed by atoms with Gasteiger partial charge >= 0.3 is 0 Å². The molecule has 0 heterocycles. The summed E-state index contributed by atoms with van der Waals surface area (Å²) in [6, 6.07) is 7.22. The molecule has 1 aromatic rings. The number of benzene rings is 1. The van der Waals surface area contributed by atoms with Gasteiger partial charge in [-0.2, -0.15) is 0 Å². The highest BCUT2D eigenvalue weighted by molar-refractivity contribution is 5.52. The van der Waals surface area contributed by atoms with Gasteiger partial charge in [-0.3, -0.25) is 0 Å². The lowest BCUT2D eigenvalue weighted by Crippen LogP contribution is -2.36. The third-order valence-corrected chi connectivity index (χ3v) is 9.09. The molecule has 1 unspecified atom stereocenters. The highest BCUT2D eigenvalue weighted by Gasteiger charge is 2.41. The molecular formula is C30H51N. The van der Waals surface area contributed by atoms with Gasteiger partial charge in [-0.15, -0.1) is 0 Å². The number of rotatable bonds is 11. The van der Waals surface area contributed by atoms with E-state index in [9.17, 15) is 0 Å². The third-order valence-electron chi connectivity index (χ3n) is 9.09. The SMILES string of the molecule is CCCCCC1([C@H]2CC[C@H](C(C)c3ccc(NCCCC)c(C)c3)CC2)CCCCC1. The Kier molecular flexibility index (Phi) is 9.79. The van der Waals surface area contributed by atoms with E-state index >= 15 is 0 Å². The Morgan fingerprint density at radius 3 is 2.29 bits per heavy atom. The van der Waals surface area contributed by atoms with Gasteiger partial charge in [-0.25, -0.2) is 0 Å². The van der Waals surface area contributed by atoms with Gasteiger partial charge in [-0.1, -0.05) is 77.8 Å². The average Bonchev–Trinajstić information content (AvgIpc) is 2.80. The zero-order chi connectivity index (χ0) is 22.1. The fourth-order valence-electron chi connectivity index (χ4n) is 6.92. The minimum absolute atomic E-state index is 0.701. The number of hydrogen-bond donors (Lipinski definition) is 1. The lowest BCUT2D eigenvalue weighted by Gasteiger charge is -2.47. The predicted molar refractivity (Wildman–Crippen MR) is 138 cm³/mol. The van der Waals surface area contributed by atoms with Crippen molar-refractivity contribution in [2.45, 2.75) is 130 Å². The molecule has 31 heavy (non-hydrogen) atoms. The van der Waals surface area contributed by atoms with Gasteiger partial charge in [0.2, 0.25) is 0 Å². The summed E-state index contributed by atoms with van der Waals surface area (Å²) in [6.45, 7) is 10.5. The molecule has 2 saturated carbocycles. The van der Waals surface area contributed by atoms with E-state index in [2.05, 4.69) is 51.2 Å². The summed E-state index contributed by atoms with van der Waals surface area (Å²) in [5.74, 6) is 2.59. The number of anilines is 1. The fraction of sp³-hybridized carbons (Fsp3) is 0.800. The molecule has 0 aliphatic heterocycles. The predicted octanol–water partition coefficient (Wildman–Crippen LogP) is 9.65. The van der Waals surface area contributed by atoms with Crippen molar-refractivity contribution in [2.75, 3.05) is 11.9 Å². The summed E-state index contributed by atoms with van der Waals surface area (Å²) in [5.41, 5.74) is 5.03. The molecule has 0 saturated heterocycles. The zero-order valence-corrected chi connectivity index (χ0v) is 21.3. The molecule has 1 heteroatoms. The molecule has 1 N–H and O–H groups in total. The second kappa shape index (κ2) is 12.3. The van der Waals surface area contributed by atoms with Crippen LogP contribution in [0.3, 0.4) is 0 Å². The highest BCUT2D eigenvalue weighted by Crippen LogP contribution is 2.53. The van der Waals surface area contributed by atoms with Crippen LogP contribution >= 0.6 is 0 Å². The van der Waals surface area contributed by atoms with E-state index in [-0.39, 0.29) is 0 Å². The molecular weight excluding hydrogens is 374 g/mol. The Morgan fingerprint density at radius 2 is 1.65 bits per heavy atom. The maximum Gasteiger partial charge on any atom is 0.0370 e. The van der Waals surface area contributed by atoms with E-state index in [1.54, 1.807) is 5.56 Å². The van der Waals surface area contributed by atoms with Crippen molar-refractivity contribution in [1.29, 1.82) is 0 Å². The van der Waals surface area contributed by atoms with Gasteiger partial charge in [0.05, 0.1) is 0 Å². The van der Waals surface area contributed by atoms with Crippen molar-refractivity contribution in [3.8, 4) is 0 Å². The molecule has 2 aliphatic carbocycles. The largest absolute Gasteiger partial charge is 0.385 e. The van der Waals surface area contributed by atoms with Crippen molar-refractivity contribution in [2.24, 2.45) is 17.3 Å². The molecule has 0 bridgehead atoms. The number of aryl methyl sites for hydroxylation is 1. The van der Waals surface area contributed by atoms with Crippen LogP contribution in [0.25, 0.3) is 0 Å². The first-order valence-corrected chi connectivity index (χ1v) is 13.9. The van der Waals surface area contributed by atoms with Crippen LogP contribution in [0.15, 0.2) is 18.2 Å². The van der Waals surface area contributed by atoms with E-state index in [1.165, 1.54) is 108 Å². The van der Waals surface area contributed by atoms with Crippen LogP contribution < -0.4 is 5.32 Å². The van der Waals surface area contributed by atoms with E-state index in [4.69, 9.17) is 0 Å². The lowest BCUT2D eigenvalue weighted by molar-refractivity contribution is 0.0409. The van der Waals surface area contributed by atoms with E-state index in [1.807, 2.05) is 0 Å². The summed E-state index contributed by atoms with van der Waals surface area (Å²) < 4.78 is 0. The summed E-state index contributed by atoms with van der Waals surface area (Å²) in [7, 11) is 0. The number of nitrogens with one attached hydrogen (secondary N) is 1. The summed E-state index contributed by atoms with van der Waals surface area (Å²) >= 11 is 0. The van der Waals surface area contributed by atoms with Crippen molar-refractivity contribution < 1.29 is 0 Å². The topological polar surface area (TPSA) is 12.0 Å². The van der Waals surface area contributed by atoms with Crippen molar-refractivity contribution in [1.82, 2.24) is 0 Å². The van der Waals surface area contributed by atoms with Gasteiger partial charge in [-0.05, 0) is 98.7 Å². The Balaban J connectivity index is 1.57. The molecule has 0 radical (unpaired) electrons. The van der Waals surface area contributed by atoms with Crippen molar-refractivity contribution in [3.63, 3.8) is 0 Å². The Hall–Kier alpha value is -0.980. The summed E-state index contributed by atoms with van der Waals surface area (Å²) in [4.78, 5) is 0. The Labute approximate surface area is 194 Å². The number of unbranched alkanes of at least 4 members (excludes halogenated alkanes) is 3. The first-order valence-electron chi connectivity index (χ1n) is 13.9. The Bertz CT molecular complexity index is 634. The second-order valence-corrected chi connectivity index (χ2v) is 11.1.